The quantitative estimate of drug-likeness (QED) is 0.353. The molecule has 1 saturated heterocycles. The number of hydrogen-bond donors (Lipinski definition) is 1. The highest BCUT2D eigenvalue weighted by Crippen LogP contribution is 2.30. The Morgan fingerprint density at radius 3 is 2.03 bits per heavy atom. The molecule has 0 radical (unpaired) electrons. The molecule has 1 aromatic heterocycles. The Labute approximate surface area is 211 Å². The summed E-state index contributed by atoms with van der Waals surface area (Å²) in [6, 6.07) is 37.7. The van der Waals surface area contributed by atoms with Crippen molar-refractivity contribution in [3.63, 3.8) is 0 Å². The zero-order valence-electron chi connectivity index (χ0n) is 20.0. The number of piperazine rings is 1. The first-order chi connectivity index (χ1) is 17.8. The van der Waals surface area contributed by atoms with Gasteiger partial charge >= 0.3 is 0 Å². The van der Waals surface area contributed by atoms with E-state index in [-0.39, 0.29) is 11.9 Å². The lowest BCUT2D eigenvalue weighted by Gasteiger charge is -2.39. The zero-order chi connectivity index (χ0) is 24.3. The summed E-state index contributed by atoms with van der Waals surface area (Å²) in [7, 11) is 0. The number of carbonyl (C=O) groups is 1. The second-order valence-corrected chi connectivity index (χ2v) is 9.25. The van der Waals surface area contributed by atoms with E-state index in [4.69, 9.17) is 0 Å². The van der Waals surface area contributed by atoms with Crippen LogP contribution in [-0.4, -0.2) is 52.1 Å². The average molecular weight is 473 g/mol. The first-order valence-electron chi connectivity index (χ1n) is 12.4. The molecular weight excluding hydrogens is 444 g/mol. The fourth-order valence-electron chi connectivity index (χ4n) is 5.26. The van der Waals surface area contributed by atoms with Gasteiger partial charge in [0.15, 0.2) is 0 Å². The van der Waals surface area contributed by atoms with Crippen LogP contribution >= 0.6 is 0 Å². The van der Waals surface area contributed by atoms with Crippen LogP contribution in [0.2, 0.25) is 0 Å². The lowest BCUT2D eigenvalue weighted by molar-refractivity contribution is 0.0592. The van der Waals surface area contributed by atoms with Crippen molar-refractivity contribution in [3.05, 3.63) is 126 Å². The maximum absolute atomic E-state index is 13.4. The molecule has 5 nitrogen and oxygen atoms in total. The maximum Gasteiger partial charge on any atom is 0.271 e. The van der Waals surface area contributed by atoms with E-state index in [0.717, 1.165) is 35.1 Å². The molecule has 0 saturated carbocycles. The van der Waals surface area contributed by atoms with Gasteiger partial charge in [0.2, 0.25) is 0 Å². The Balaban J connectivity index is 1.19. The summed E-state index contributed by atoms with van der Waals surface area (Å²) in [4.78, 5) is 17.8. The third-order valence-corrected chi connectivity index (χ3v) is 7.07. The van der Waals surface area contributed by atoms with Crippen molar-refractivity contribution in [3.8, 4) is 11.3 Å². The standard InChI is InChI=1S/C31H28N4O/c36-31(29-22-28(32-33-29)27-17-9-15-23-10-7-8-16-26(23)27)35-20-18-34(19-21-35)30(24-11-3-1-4-12-24)25-13-5-2-6-14-25/h1-17,22,30H,18-21H2,(H,32,33). The van der Waals surface area contributed by atoms with Gasteiger partial charge in [0.05, 0.1) is 11.7 Å². The first kappa shape index (κ1) is 22.3. The van der Waals surface area contributed by atoms with Gasteiger partial charge in [-0.25, -0.2) is 0 Å². The van der Waals surface area contributed by atoms with E-state index in [1.165, 1.54) is 11.1 Å². The zero-order valence-corrected chi connectivity index (χ0v) is 20.0. The van der Waals surface area contributed by atoms with Crippen molar-refractivity contribution in [1.82, 2.24) is 20.0 Å². The Hall–Kier alpha value is -4.22. The van der Waals surface area contributed by atoms with Crippen molar-refractivity contribution in [1.29, 1.82) is 0 Å². The summed E-state index contributed by atoms with van der Waals surface area (Å²) < 4.78 is 0. The van der Waals surface area contributed by atoms with Gasteiger partial charge < -0.3 is 4.90 Å². The van der Waals surface area contributed by atoms with Gasteiger partial charge in [-0.3, -0.25) is 14.8 Å². The van der Waals surface area contributed by atoms with Gasteiger partial charge in [-0.1, -0.05) is 103 Å². The lowest BCUT2D eigenvalue weighted by Crippen LogP contribution is -2.50. The molecule has 2 heterocycles. The number of aromatic amines is 1. The summed E-state index contributed by atoms with van der Waals surface area (Å²) in [5, 5.41) is 9.78. The normalized spacial score (nSPS) is 14.4. The largest absolute Gasteiger partial charge is 0.335 e. The molecule has 0 aliphatic carbocycles. The molecule has 1 fully saturated rings. The molecule has 0 atom stereocenters. The van der Waals surface area contributed by atoms with Crippen molar-refractivity contribution in [2.24, 2.45) is 0 Å². The van der Waals surface area contributed by atoms with Gasteiger partial charge in [-0.05, 0) is 28.0 Å². The Kier molecular flexibility index (Phi) is 6.06. The summed E-state index contributed by atoms with van der Waals surface area (Å²) in [5.74, 6) is 0.00427. The van der Waals surface area contributed by atoms with Crippen LogP contribution in [0.3, 0.4) is 0 Å². The van der Waals surface area contributed by atoms with Crippen LogP contribution in [0.1, 0.15) is 27.7 Å². The average Bonchev–Trinajstić information content (AvgIpc) is 3.44. The number of nitrogens with zero attached hydrogens (tertiary/aromatic N) is 3. The second-order valence-electron chi connectivity index (χ2n) is 9.25. The maximum atomic E-state index is 13.4. The molecule has 1 amide bonds. The van der Waals surface area contributed by atoms with Crippen molar-refractivity contribution in [2.75, 3.05) is 26.2 Å². The second kappa shape index (κ2) is 9.80. The van der Waals surface area contributed by atoms with Gasteiger partial charge in [0.25, 0.3) is 5.91 Å². The fourth-order valence-corrected chi connectivity index (χ4v) is 5.26. The fraction of sp³-hybridized carbons (Fsp3) is 0.161. The van der Waals surface area contributed by atoms with E-state index in [1.54, 1.807) is 0 Å². The molecule has 178 valence electrons. The van der Waals surface area contributed by atoms with Crippen molar-refractivity contribution >= 4 is 16.7 Å². The van der Waals surface area contributed by atoms with Crippen LogP contribution < -0.4 is 0 Å². The summed E-state index contributed by atoms with van der Waals surface area (Å²) in [5.41, 5.74) is 4.91. The molecule has 0 spiro atoms. The number of hydrogen-bond acceptors (Lipinski definition) is 3. The molecule has 1 aliphatic heterocycles. The minimum atomic E-state index is 0.00427. The van der Waals surface area contributed by atoms with E-state index in [9.17, 15) is 4.79 Å². The van der Waals surface area contributed by atoms with E-state index >= 15 is 0 Å². The number of fused-ring (bicyclic) bond motifs is 1. The number of rotatable bonds is 5. The van der Waals surface area contributed by atoms with Crippen LogP contribution in [-0.2, 0) is 0 Å². The Morgan fingerprint density at radius 2 is 1.33 bits per heavy atom. The topological polar surface area (TPSA) is 52.2 Å². The van der Waals surface area contributed by atoms with E-state index < -0.39 is 0 Å². The molecule has 1 N–H and O–H groups in total. The number of carbonyl (C=O) groups excluding carboxylic acids is 1. The van der Waals surface area contributed by atoms with E-state index in [2.05, 4.69) is 100 Å². The molecular formula is C31H28N4O. The third-order valence-electron chi connectivity index (χ3n) is 7.07. The number of nitrogens with one attached hydrogen (secondary N) is 1. The molecule has 36 heavy (non-hydrogen) atoms. The minimum absolute atomic E-state index is 0.00427. The number of H-pyrrole nitrogens is 1. The molecule has 5 aromatic rings. The number of amides is 1. The predicted molar refractivity (Wildman–Crippen MR) is 144 cm³/mol. The van der Waals surface area contributed by atoms with Crippen LogP contribution in [0.15, 0.2) is 109 Å². The monoisotopic (exact) mass is 472 g/mol. The molecule has 0 bridgehead atoms. The van der Waals surface area contributed by atoms with Crippen LogP contribution in [0.25, 0.3) is 22.0 Å². The Morgan fingerprint density at radius 1 is 0.722 bits per heavy atom. The van der Waals surface area contributed by atoms with Gasteiger partial charge in [0, 0.05) is 31.7 Å². The summed E-state index contributed by atoms with van der Waals surface area (Å²) >= 11 is 0. The molecule has 0 unspecified atom stereocenters. The first-order valence-corrected chi connectivity index (χ1v) is 12.4. The predicted octanol–water partition coefficient (Wildman–Crippen LogP) is 5.78. The molecule has 6 rings (SSSR count). The minimum Gasteiger partial charge on any atom is -0.335 e. The van der Waals surface area contributed by atoms with E-state index in [1.807, 2.05) is 29.2 Å². The molecule has 5 heteroatoms. The molecule has 4 aromatic carbocycles. The summed E-state index contributed by atoms with van der Waals surface area (Å²) in [6.45, 7) is 2.98. The highest BCUT2D eigenvalue weighted by Gasteiger charge is 2.29. The van der Waals surface area contributed by atoms with Crippen molar-refractivity contribution < 1.29 is 4.79 Å². The van der Waals surface area contributed by atoms with Gasteiger partial charge in [-0.2, -0.15) is 5.10 Å². The highest BCUT2D eigenvalue weighted by atomic mass is 16.2. The van der Waals surface area contributed by atoms with Crippen LogP contribution in [0.4, 0.5) is 0 Å². The SMILES string of the molecule is O=C(c1cc(-c2cccc3ccccc23)n[nH]1)N1CCN(C(c2ccccc2)c2ccccc2)CC1. The number of benzene rings is 4. The van der Waals surface area contributed by atoms with Gasteiger partial charge in [-0.15, -0.1) is 0 Å². The highest BCUT2D eigenvalue weighted by molar-refractivity contribution is 5.98. The van der Waals surface area contributed by atoms with Crippen molar-refractivity contribution in [2.45, 2.75) is 6.04 Å². The van der Waals surface area contributed by atoms with Crippen LogP contribution in [0, 0.1) is 0 Å². The van der Waals surface area contributed by atoms with Crippen LogP contribution in [0.5, 0.6) is 0 Å². The Bertz CT molecular complexity index is 1430. The smallest absolute Gasteiger partial charge is 0.271 e. The summed E-state index contributed by atoms with van der Waals surface area (Å²) in [6.07, 6.45) is 0. The number of aromatic nitrogens is 2. The lowest BCUT2D eigenvalue weighted by atomic mass is 9.96. The van der Waals surface area contributed by atoms with E-state index in [0.29, 0.717) is 18.8 Å². The third kappa shape index (κ3) is 4.30. The molecule has 1 aliphatic rings. The van der Waals surface area contributed by atoms with Gasteiger partial charge in [0.1, 0.15) is 5.69 Å².